The van der Waals surface area contributed by atoms with E-state index in [-0.39, 0.29) is 15.7 Å². The van der Waals surface area contributed by atoms with Gasteiger partial charge in [-0.1, -0.05) is 41.4 Å². The topological polar surface area (TPSA) is 53.2 Å². The number of hydrogen-bond donors (Lipinski definition) is 3. The summed E-state index contributed by atoms with van der Waals surface area (Å²) in [5.41, 5.74) is 4.14. The van der Waals surface area contributed by atoms with Crippen LogP contribution in [0.5, 0.6) is 0 Å². The van der Waals surface area contributed by atoms with Crippen LogP contribution in [0.25, 0.3) is 0 Å². The Morgan fingerprint density at radius 3 is 2.09 bits per heavy atom. The first-order valence-electron chi connectivity index (χ1n) is 6.21. The number of alkyl halides is 3. The molecule has 0 aliphatic carbocycles. The van der Waals surface area contributed by atoms with Gasteiger partial charge in [0.1, 0.15) is 0 Å². The van der Waals surface area contributed by atoms with Crippen LogP contribution < -0.4 is 16.2 Å². The molecule has 23 heavy (non-hydrogen) atoms. The van der Waals surface area contributed by atoms with Crippen molar-refractivity contribution in [3.8, 4) is 0 Å². The molecular formula is C14H10Cl2F3N3O. The third-order valence-corrected chi connectivity index (χ3v) is 3.30. The van der Waals surface area contributed by atoms with Crippen molar-refractivity contribution >= 4 is 40.6 Å². The molecule has 2 amide bonds. The number of anilines is 2. The average molecular weight is 364 g/mol. The normalized spacial score (nSPS) is 11.0. The summed E-state index contributed by atoms with van der Waals surface area (Å²) in [6, 6.07) is 9.36. The molecule has 0 aromatic heterocycles. The first-order valence-corrected chi connectivity index (χ1v) is 6.97. The Hall–Kier alpha value is -2.12. The Balaban J connectivity index is 2.05. The van der Waals surface area contributed by atoms with E-state index in [1.165, 1.54) is 0 Å². The van der Waals surface area contributed by atoms with Crippen molar-refractivity contribution in [2.75, 3.05) is 10.7 Å². The molecule has 2 rings (SSSR count). The van der Waals surface area contributed by atoms with Crippen molar-refractivity contribution in [2.45, 2.75) is 6.18 Å². The second-order valence-corrected chi connectivity index (χ2v) is 5.20. The van der Waals surface area contributed by atoms with Gasteiger partial charge in [-0.2, -0.15) is 13.2 Å². The number of carbonyl (C=O) groups is 1. The highest BCUT2D eigenvalue weighted by Crippen LogP contribution is 2.38. The number of urea groups is 1. The number of carbonyl (C=O) groups excluding carboxylic acids is 1. The third-order valence-electron chi connectivity index (χ3n) is 2.70. The van der Waals surface area contributed by atoms with E-state index >= 15 is 0 Å². The minimum atomic E-state index is -4.57. The predicted molar refractivity (Wildman–Crippen MR) is 83.7 cm³/mol. The summed E-state index contributed by atoms with van der Waals surface area (Å²) in [4.78, 5) is 11.7. The van der Waals surface area contributed by atoms with E-state index in [4.69, 9.17) is 23.2 Å². The van der Waals surface area contributed by atoms with Gasteiger partial charge in [0.25, 0.3) is 0 Å². The molecule has 0 radical (unpaired) electrons. The molecule has 2 aromatic carbocycles. The van der Waals surface area contributed by atoms with Crippen LogP contribution in [-0.2, 0) is 6.18 Å². The van der Waals surface area contributed by atoms with Crippen LogP contribution in [0, 0.1) is 0 Å². The highest BCUT2D eigenvalue weighted by molar-refractivity contribution is 6.39. The Bertz CT molecular complexity index is 685. The van der Waals surface area contributed by atoms with Gasteiger partial charge in [0, 0.05) is 5.69 Å². The second-order valence-electron chi connectivity index (χ2n) is 4.38. The highest BCUT2D eigenvalue weighted by Gasteiger charge is 2.32. The number of benzene rings is 2. The molecule has 2 aromatic rings. The van der Waals surface area contributed by atoms with E-state index in [2.05, 4.69) is 16.2 Å². The molecule has 9 heteroatoms. The van der Waals surface area contributed by atoms with Gasteiger partial charge in [0.2, 0.25) is 0 Å². The van der Waals surface area contributed by atoms with Crippen molar-refractivity contribution in [3.05, 3.63) is 58.1 Å². The smallest absolute Gasteiger partial charge is 0.307 e. The van der Waals surface area contributed by atoms with Gasteiger partial charge >= 0.3 is 12.2 Å². The fraction of sp³-hybridized carbons (Fsp3) is 0.0714. The molecule has 0 fully saturated rings. The lowest BCUT2D eigenvalue weighted by atomic mass is 10.2. The molecular weight excluding hydrogens is 354 g/mol. The number of para-hydroxylation sites is 1. The summed E-state index contributed by atoms with van der Waals surface area (Å²) in [5.74, 6) is 0. The first-order chi connectivity index (χ1) is 10.8. The summed E-state index contributed by atoms with van der Waals surface area (Å²) in [7, 11) is 0. The highest BCUT2D eigenvalue weighted by atomic mass is 35.5. The van der Waals surface area contributed by atoms with E-state index in [1.54, 1.807) is 30.3 Å². The largest absolute Gasteiger partial charge is 0.416 e. The molecule has 0 heterocycles. The SMILES string of the molecule is O=C(NNc1c(Cl)cc(C(F)(F)F)cc1Cl)Nc1ccccc1. The Morgan fingerprint density at radius 1 is 1.00 bits per heavy atom. The minimum Gasteiger partial charge on any atom is -0.307 e. The predicted octanol–water partition coefficient (Wildman–Crippen LogP) is 5.16. The third kappa shape index (κ3) is 4.67. The van der Waals surface area contributed by atoms with Crippen molar-refractivity contribution in [2.24, 2.45) is 0 Å². The van der Waals surface area contributed by atoms with Crippen molar-refractivity contribution in [1.82, 2.24) is 5.43 Å². The van der Waals surface area contributed by atoms with Crippen molar-refractivity contribution in [3.63, 3.8) is 0 Å². The quantitative estimate of drug-likeness (QED) is 0.659. The van der Waals surface area contributed by atoms with Crippen LogP contribution in [-0.4, -0.2) is 6.03 Å². The number of hydrogen-bond acceptors (Lipinski definition) is 2. The van der Waals surface area contributed by atoms with Gasteiger partial charge in [0.15, 0.2) is 0 Å². The van der Waals surface area contributed by atoms with Gasteiger partial charge in [-0.05, 0) is 24.3 Å². The molecule has 0 atom stereocenters. The number of amides is 2. The summed E-state index contributed by atoms with van der Waals surface area (Å²) < 4.78 is 37.9. The van der Waals surface area contributed by atoms with Gasteiger partial charge in [-0.3, -0.25) is 10.9 Å². The summed E-state index contributed by atoms with van der Waals surface area (Å²) >= 11 is 11.5. The fourth-order valence-electron chi connectivity index (χ4n) is 1.66. The van der Waals surface area contributed by atoms with Gasteiger partial charge in [0.05, 0.1) is 21.3 Å². The number of rotatable bonds is 3. The van der Waals surface area contributed by atoms with Crippen LogP contribution in [0.15, 0.2) is 42.5 Å². The van der Waals surface area contributed by atoms with Crippen molar-refractivity contribution in [1.29, 1.82) is 0 Å². The minimum absolute atomic E-state index is 0.0375. The van der Waals surface area contributed by atoms with Gasteiger partial charge < -0.3 is 5.32 Å². The zero-order valence-electron chi connectivity index (χ0n) is 11.3. The van der Waals surface area contributed by atoms with Crippen LogP contribution in [0.3, 0.4) is 0 Å². The summed E-state index contributed by atoms with van der Waals surface area (Å²) in [6.07, 6.45) is -4.57. The Morgan fingerprint density at radius 2 is 1.57 bits per heavy atom. The maximum atomic E-state index is 12.6. The molecule has 0 aliphatic heterocycles. The van der Waals surface area contributed by atoms with E-state index in [1.807, 2.05) is 0 Å². The lowest BCUT2D eigenvalue weighted by Gasteiger charge is -2.15. The molecule has 4 nitrogen and oxygen atoms in total. The average Bonchev–Trinajstić information content (AvgIpc) is 2.46. The van der Waals surface area contributed by atoms with Crippen LogP contribution in [0.2, 0.25) is 10.0 Å². The lowest BCUT2D eigenvalue weighted by Crippen LogP contribution is -2.33. The maximum Gasteiger partial charge on any atom is 0.416 e. The van der Waals surface area contributed by atoms with E-state index < -0.39 is 17.8 Å². The Kier molecular flexibility index (Phi) is 5.23. The Labute approximate surface area is 139 Å². The zero-order chi connectivity index (χ0) is 17.0. The molecule has 0 aliphatic rings. The van der Waals surface area contributed by atoms with E-state index in [0.29, 0.717) is 17.8 Å². The molecule has 3 N–H and O–H groups in total. The van der Waals surface area contributed by atoms with Crippen LogP contribution in [0.4, 0.5) is 29.3 Å². The lowest BCUT2D eigenvalue weighted by molar-refractivity contribution is -0.137. The van der Waals surface area contributed by atoms with E-state index in [0.717, 1.165) is 0 Å². The second kappa shape index (κ2) is 6.97. The molecule has 0 bridgehead atoms. The van der Waals surface area contributed by atoms with Gasteiger partial charge in [-0.15, -0.1) is 0 Å². The van der Waals surface area contributed by atoms with Crippen LogP contribution in [0.1, 0.15) is 5.56 Å². The van der Waals surface area contributed by atoms with E-state index in [9.17, 15) is 18.0 Å². The number of halogens is 5. The summed E-state index contributed by atoms with van der Waals surface area (Å²) in [6.45, 7) is 0. The first kappa shape index (κ1) is 17.2. The number of hydrazine groups is 1. The summed E-state index contributed by atoms with van der Waals surface area (Å²) in [5, 5.41) is 1.96. The number of nitrogens with one attached hydrogen (secondary N) is 3. The standard InChI is InChI=1S/C14H10Cl2F3N3O/c15-10-6-8(14(17,18)19)7-11(16)12(10)21-22-13(23)20-9-4-2-1-3-5-9/h1-7,21H,(H2,20,22,23). The monoisotopic (exact) mass is 363 g/mol. The molecule has 0 saturated heterocycles. The van der Waals surface area contributed by atoms with Crippen molar-refractivity contribution < 1.29 is 18.0 Å². The van der Waals surface area contributed by atoms with Crippen LogP contribution >= 0.6 is 23.2 Å². The molecule has 122 valence electrons. The zero-order valence-corrected chi connectivity index (χ0v) is 12.9. The fourth-order valence-corrected chi connectivity index (χ4v) is 2.24. The molecule has 0 saturated carbocycles. The molecule has 0 spiro atoms. The maximum absolute atomic E-state index is 12.6. The molecule has 0 unspecified atom stereocenters. The van der Waals surface area contributed by atoms with Gasteiger partial charge in [-0.25, -0.2) is 4.79 Å².